The van der Waals surface area contributed by atoms with Crippen LogP contribution in [0.3, 0.4) is 0 Å². The first-order chi connectivity index (χ1) is 12.2. The lowest BCUT2D eigenvalue weighted by atomic mass is 10.4. The number of rotatable bonds is 2. The highest BCUT2D eigenvalue weighted by Gasteiger charge is 2.06. The molecule has 11 heteroatoms. The van der Waals surface area contributed by atoms with E-state index in [0.717, 1.165) is 0 Å². The smallest absolute Gasteiger partial charge is 0.261 e. The maximum Gasteiger partial charge on any atom is 0.261 e. The third-order valence-electron chi connectivity index (χ3n) is 2.10. The average Bonchev–Trinajstić information content (AvgIpc) is 2.67. The predicted octanol–water partition coefficient (Wildman–Crippen LogP) is 5.17. The molecule has 0 aromatic heterocycles. The molecule has 10 N–H and O–H groups in total. The van der Waals surface area contributed by atoms with E-state index in [-0.39, 0.29) is 36.9 Å². The topological polar surface area (TPSA) is 190 Å². The first-order valence-corrected chi connectivity index (χ1v) is 11.7. The summed E-state index contributed by atoms with van der Waals surface area (Å²) in [5.74, 6) is 0. The van der Waals surface area contributed by atoms with E-state index in [1.54, 1.807) is 36.4 Å². The van der Waals surface area contributed by atoms with Gasteiger partial charge in [0.2, 0.25) is 10.0 Å². The van der Waals surface area contributed by atoms with E-state index in [2.05, 4.69) is 5.73 Å². The third-order valence-corrected chi connectivity index (χ3v) is 4.40. The summed E-state index contributed by atoms with van der Waals surface area (Å²) >= 11 is 0. The molecule has 0 fully saturated rings. The van der Waals surface area contributed by atoms with E-state index in [9.17, 15) is 16.8 Å². The van der Waals surface area contributed by atoms with Crippen LogP contribution in [0.1, 0.15) is 42.5 Å². The van der Waals surface area contributed by atoms with Gasteiger partial charge >= 0.3 is 0 Å². The number of primary sulfonamides is 1. The molecule has 0 aliphatic heterocycles. The second-order valence-electron chi connectivity index (χ2n) is 3.61. The van der Waals surface area contributed by atoms with Crippen LogP contribution in [0.15, 0.2) is 70.5 Å². The Bertz CT molecular complexity index is 692. The molecule has 0 aliphatic rings. The fraction of sp³-hybridized carbons (Fsp3) is 0.368. The molecule has 0 radical (unpaired) electrons. The van der Waals surface area contributed by atoms with Gasteiger partial charge in [-0.1, -0.05) is 78.9 Å². The standard InChI is InChI=1S/C6H5ClO2S.C6H7NO2S.2C2H6.CH5N.2CH4.2H3N/c2*7-10(8,9)6-4-2-1-3-5-6;3*1-2;;;;/h1-5H;1-5H,(H2,7,8,9);2*1-2H3;2H2,1H3;2*1H4;2*1H3. The highest BCUT2D eigenvalue weighted by Crippen LogP contribution is 2.12. The Morgan fingerprint density at radius 1 is 0.633 bits per heavy atom. The first-order valence-electron chi connectivity index (χ1n) is 7.86. The van der Waals surface area contributed by atoms with Crippen LogP contribution >= 0.6 is 10.7 Å². The zero-order chi connectivity index (χ0) is 21.2. The van der Waals surface area contributed by atoms with Gasteiger partial charge < -0.3 is 18.0 Å². The van der Waals surface area contributed by atoms with Crippen molar-refractivity contribution in [1.29, 1.82) is 0 Å². The molecule has 2 rings (SSSR count). The molecule has 0 saturated heterocycles. The van der Waals surface area contributed by atoms with Crippen LogP contribution in [0.25, 0.3) is 0 Å². The molecule has 2 aromatic carbocycles. The lowest BCUT2D eigenvalue weighted by molar-refractivity contribution is 0.597. The molecule has 2 aromatic rings. The van der Waals surface area contributed by atoms with Gasteiger partial charge in [-0.15, -0.1) is 0 Å². The van der Waals surface area contributed by atoms with E-state index in [4.69, 9.17) is 15.8 Å². The molecule has 0 amide bonds. The minimum atomic E-state index is -3.53. The van der Waals surface area contributed by atoms with Crippen molar-refractivity contribution in [2.24, 2.45) is 10.9 Å². The lowest BCUT2D eigenvalue weighted by Crippen LogP contribution is -2.11. The lowest BCUT2D eigenvalue weighted by Gasteiger charge is -1.93. The quantitative estimate of drug-likeness (QED) is 0.416. The molecule has 30 heavy (non-hydrogen) atoms. The minimum absolute atomic E-state index is 0. The summed E-state index contributed by atoms with van der Waals surface area (Å²) in [6, 6.07) is 15.7. The monoisotopic (exact) mass is 490 g/mol. The van der Waals surface area contributed by atoms with E-state index in [0.29, 0.717) is 0 Å². The Labute approximate surface area is 189 Å². The van der Waals surface area contributed by atoms with Gasteiger partial charge in [-0.3, -0.25) is 0 Å². The summed E-state index contributed by atoms with van der Waals surface area (Å²) in [5, 5.41) is 4.83. The van der Waals surface area contributed by atoms with Gasteiger partial charge in [-0.2, -0.15) is 0 Å². The Kier molecular flexibility index (Phi) is 42.7. The van der Waals surface area contributed by atoms with Crippen LogP contribution in [0.4, 0.5) is 0 Å². The van der Waals surface area contributed by atoms with E-state index < -0.39 is 19.1 Å². The zero-order valence-corrected chi connectivity index (χ0v) is 19.6. The molecular formula is C19H43ClN4O4S2. The van der Waals surface area contributed by atoms with Crippen molar-refractivity contribution in [3.05, 3.63) is 60.7 Å². The number of benzene rings is 2. The Balaban J connectivity index is -0.0000000509. The molecule has 0 aliphatic carbocycles. The predicted molar refractivity (Wildman–Crippen MR) is 134 cm³/mol. The van der Waals surface area contributed by atoms with E-state index in [1.165, 1.54) is 31.3 Å². The minimum Gasteiger partial charge on any atom is -0.344 e. The average molecular weight is 491 g/mol. The molecule has 0 spiro atoms. The highest BCUT2D eigenvalue weighted by molar-refractivity contribution is 8.13. The maximum absolute atomic E-state index is 10.6. The second-order valence-corrected chi connectivity index (χ2v) is 7.74. The highest BCUT2D eigenvalue weighted by atomic mass is 35.7. The third kappa shape index (κ3) is 24.5. The molecular weight excluding hydrogens is 448 g/mol. The summed E-state index contributed by atoms with van der Waals surface area (Å²) in [6.07, 6.45) is 0. The van der Waals surface area contributed by atoms with Crippen LogP contribution in [-0.2, 0) is 19.1 Å². The summed E-state index contributed by atoms with van der Waals surface area (Å²) in [4.78, 5) is 0.284. The summed E-state index contributed by atoms with van der Waals surface area (Å²) in [5.41, 5.74) is 4.50. The van der Waals surface area contributed by atoms with E-state index in [1.807, 2.05) is 27.7 Å². The number of nitrogens with two attached hydrogens (primary N) is 2. The Morgan fingerprint density at radius 2 is 0.867 bits per heavy atom. The Morgan fingerprint density at radius 3 is 1.00 bits per heavy atom. The van der Waals surface area contributed by atoms with Gasteiger partial charge in [-0.05, 0) is 31.3 Å². The van der Waals surface area contributed by atoms with Crippen molar-refractivity contribution in [2.45, 2.75) is 52.3 Å². The van der Waals surface area contributed by atoms with Crippen molar-refractivity contribution < 1.29 is 16.8 Å². The normalized spacial score (nSPS) is 8.13. The molecule has 0 saturated carbocycles. The molecule has 0 unspecified atom stereocenters. The largest absolute Gasteiger partial charge is 0.344 e. The van der Waals surface area contributed by atoms with Crippen LogP contribution in [-0.4, -0.2) is 23.9 Å². The van der Waals surface area contributed by atoms with Gasteiger partial charge in [0.05, 0.1) is 9.79 Å². The van der Waals surface area contributed by atoms with Crippen molar-refractivity contribution >= 4 is 29.8 Å². The summed E-state index contributed by atoms with van der Waals surface area (Å²) in [7, 11) is -0.503. The number of halogens is 1. The van der Waals surface area contributed by atoms with Crippen LogP contribution in [0, 0.1) is 0 Å². The maximum atomic E-state index is 10.6. The van der Waals surface area contributed by atoms with Gasteiger partial charge in [0.1, 0.15) is 0 Å². The number of sulfonamides is 1. The van der Waals surface area contributed by atoms with Gasteiger partial charge in [0.25, 0.3) is 9.05 Å². The number of hydrogen-bond donors (Lipinski definition) is 4. The first kappa shape index (κ1) is 46.6. The fourth-order valence-electron chi connectivity index (χ4n) is 1.19. The van der Waals surface area contributed by atoms with Gasteiger partial charge in [0, 0.05) is 10.7 Å². The van der Waals surface area contributed by atoms with Crippen LogP contribution < -0.4 is 23.2 Å². The van der Waals surface area contributed by atoms with E-state index >= 15 is 0 Å². The van der Waals surface area contributed by atoms with Gasteiger partial charge in [0.15, 0.2) is 0 Å². The summed E-state index contributed by atoms with van der Waals surface area (Å²) in [6.45, 7) is 8.00. The van der Waals surface area contributed by atoms with Crippen molar-refractivity contribution in [2.75, 3.05) is 7.05 Å². The van der Waals surface area contributed by atoms with Crippen molar-refractivity contribution in [1.82, 2.24) is 12.3 Å². The zero-order valence-electron chi connectivity index (χ0n) is 17.2. The SMILES string of the molecule is C.C.CC.CC.CN.N.N.NS(=O)(=O)c1ccccc1.O=S(=O)(Cl)c1ccccc1. The number of hydrogen-bond acceptors (Lipinski definition) is 7. The van der Waals surface area contributed by atoms with Crippen molar-refractivity contribution in [3.63, 3.8) is 0 Å². The van der Waals surface area contributed by atoms with Crippen LogP contribution in [0.5, 0.6) is 0 Å². The summed E-state index contributed by atoms with van der Waals surface area (Å²) < 4.78 is 42.4. The molecule has 0 atom stereocenters. The van der Waals surface area contributed by atoms with Gasteiger partial charge in [-0.25, -0.2) is 22.0 Å². The fourth-order valence-corrected chi connectivity index (χ4v) is 2.52. The molecule has 0 bridgehead atoms. The Hall–Kier alpha value is -1.53. The molecule has 8 nitrogen and oxygen atoms in total. The molecule has 182 valence electrons. The van der Waals surface area contributed by atoms with Crippen LogP contribution in [0.2, 0.25) is 0 Å². The van der Waals surface area contributed by atoms with Crippen molar-refractivity contribution in [3.8, 4) is 0 Å². The second kappa shape index (κ2) is 27.5. The molecule has 0 heterocycles.